The third-order valence-corrected chi connectivity index (χ3v) is 5.80. The molecule has 8 heteroatoms. The van der Waals surface area contributed by atoms with Gasteiger partial charge in [-0.15, -0.1) is 0 Å². The van der Waals surface area contributed by atoms with Gasteiger partial charge in [0, 0.05) is 50.9 Å². The first kappa shape index (κ1) is 20.9. The summed E-state index contributed by atoms with van der Waals surface area (Å²) in [6, 6.07) is 6.44. The summed E-state index contributed by atoms with van der Waals surface area (Å²) < 4.78 is 51.7. The van der Waals surface area contributed by atoms with Crippen molar-refractivity contribution >= 4 is 11.6 Å². The fraction of sp³-hybridized carbons (Fsp3) is 0.650. The Balaban J connectivity index is 1.36. The number of benzene rings is 1. The van der Waals surface area contributed by atoms with Crippen LogP contribution in [0.25, 0.3) is 0 Å². The molecule has 1 aromatic carbocycles. The van der Waals surface area contributed by atoms with Crippen molar-refractivity contribution < 1.29 is 22.4 Å². The molecule has 1 saturated carbocycles. The zero-order chi connectivity index (χ0) is 20.1. The summed E-state index contributed by atoms with van der Waals surface area (Å²) in [4.78, 5) is 16.7. The van der Waals surface area contributed by atoms with E-state index in [9.17, 15) is 22.4 Å². The van der Waals surface area contributed by atoms with Crippen LogP contribution in [0.4, 0.5) is 23.2 Å². The minimum absolute atomic E-state index is 0.0916. The predicted octanol–water partition coefficient (Wildman–Crippen LogP) is 3.43. The lowest BCUT2D eigenvalue weighted by Gasteiger charge is -2.36. The van der Waals surface area contributed by atoms with E-state index in [2.05, 4.69) is 15.1 Å². The number of rotatable bonds is 5. The number of nitrogens with one attached hydrogen (secondary N) is 1. The molecule has 0 bridgehead atoms. The Morgan fingerprint density at radius 3 is 2.39 bits per heavy atom. The van der Waals surface area contributed by atoms with Crippen LogP contribution in [0.5, 0.6) is 0 Å². The van der Waals surface area contributed by atoms with Crippen molar-refractivity contribution in [3.05, 3.63) is 30.1 Å². The molecule has 2 aliphatic rings. The zero-order valence-corrected chi connectivity index (χ0v) is 15.8. The van der Waals surface area contributed by atoms with Crippen LogP contribution < -0.4 is 10.2 Å². The van der Waals surface area contributed by atoms with Crippen LogP contribution in [-0.4, -0.2) is 56.3 Å². The van der Waals surface area contributed by atoms with Crippen LogP contribution in [-0.2, 0) is 4.79 Å². The van der Waals surface area contributed by atoms with E-state index in [0.29, 0.717) is 25.9 Å². The standard InChI is InChI=1S/C20H27F4N3O/c21-17-4-6-18(7-5-17)27-12-10-26(11-13-27)9-8-25-19(28)15-2-1-3-16(14-15)20(22,23)24/h4-7,15-16H,1-3,8-14H2,(H,25,28). The first-order chi connectivity index (χ1) is 13.3. The quantitative estimate of drug-likeness (QED) is 0.768. The van der Waals surface area contributed by atoms with Crippen LogP contribution in [0.1, 0.15) is 25.7 Å². The number of hydrogen-bond acceptors (Lipinski definition) is 3. The fourth-order valence-electron chi connectivity index (χ4n) is 4.09. The average Bonchev–Trinajstić information content (AvgIpc) is 2.68. The minimum Gasteiger partial charge on any atom is -0.369 e. The largest absolute Gasteiger partial charge is 0.391 e. The Hall–Kier alpha value is -1.83. The molecule has 0 spiro atoms. The molecule has 1 heterocycles. The number of piperazine rings is 1. The Morgan fingerprint density at radius 1 is 1.07 bits per heavy atom. The highest BCUT2D eigenvalue weighted by Gasteiger charge is 2.43. The molecule has 28 heavy (non-hydrogen) atoms. The van der Waals surface area contributed by atoms with Gasteiger partial charge in [0.25, 0.3) is 0 Å². The highest BCUT2D eigenvalue weighted by Crippen LogP contribution is 2.39. The summed E-state index contributed by atoms with van der Waals surface area (Å²) in [5.74, 6) is -2.39. The monoisotopic (exact) mass is 401 g/mol. The SMILES string of the molecule is O=C(NCCN1CCN(c2ccc(F)cc2)CC1)C1CCCC(C(F)(F)F)C1. The van der Waals surface area contributed by atoms with E-state index in [1.54, 1.807) is 12.1 Å². The summed E-state index contributed by atoms with van der Waals surface area (Å²) in [6.45, 7) is 4.41. The van der Waals surface area contributed by atoms with E-state index in [0.717, 1.165) is 31.9 Å². The second-order valence-electron chi connectivity index (χ2n) is 7.70. The fourth-order valence-corrected chi connectivity index (χ4v) is 4.09. The maximum Gasteiger partial charge on any atom is 0.391 e. The van der Waals surface area contributed by atoms with Gasteiger partial charge in [-0.1, -0.05) is 6.42 Å². The molecular formula is C20H27F4N3O. The highest BCUT2D eigenvalue weighted by atomic mass is 19.4. The molecule has 156 valence electrons. The minimum atomic E-state index is -4.21. The first-order valence-corrected chi connectivity index (χ1v) is 9.90. The maximum atomic E-state index is 13.0. The van der Waals surface area contributed by atoms with E-state index in [4.69, 9.17) is 0 Å². The van der Waals surface area contributed by atoms with Crippen molar-refractivity contribution in [1.29, 1.82) is 0 Å². The normalized spacial score (nSPS) is 24.2. The molecule has 3 rings (SSSR count). The summed E-state index contributed by atoms with van der Waals surface area (Å²) in [5.41, 5.74) is 0.992. The van der Waals surface area contributed by atoms with Crippen molar-refractivity contribution in [2.75, 3.05) is 44.2 Å². The molecule has 2 fully saturated rings. The van der Waals surface area contributed by atoms with Crippen LogP contribution in [0.2, 0.25) is 0 Å². The maximum absolute atomic E-state index is 13.0. The van der Waals surface area contributed by atoms with Gasteiger partial charge in [-0.05, 0) is 43.5 Å². The summed E-state index contributed by atoms with van der Waals surface area (Å²) in [5, 5.41) is 2.82. The third kappa shape index (κ3) is 5.59. The van der Waals surface area contributed by atoms with Gasteiger partial charge in [0.2, 0.25) is 5.91 Å². The smallest absolute Gasteiger partial charge is 0.369 e. The molecule has 2 unspecified atom stereocenters. The van der Waals surface area contributed by atoms with Crippen LogP contribution in [0.15, 0.2) is 24.3 Å². The van der Waals surface area contributed by atoms with E-state index in [1.165, 1.54) is 12.1 Å². The van der Waals surface area contributed by atoms with Crippen molar-refractivity contribution in [2.45, 2.75) is 31.9 Å². The van der Waals surface area contributed by atoms with Gasteiger partial charge in [0.15, 0.2) is 0 Å². The Morgan fingerprint density at radius 2 is 1.75 bits per heavy atom. The number of anilines is 1. The van der Waals surface area contributed by atoms with E-state index in [-0.39, 0.29) is 24.6 Å². The van der Waals surface area contributed by atoms with E-state index >= 15 is 0 Å². The summed E-state index contributed by atoms with van der Waals surface area (Å²) in [6.07, 6.45) is -3.18. The van der Waals surface area contributed by atoms with Crippen LogP contribution >= 0.6 is 0 Å². The molecular weight excluding hydrogens is 374 g/mol. The van der Waals surface area contributed by atoms with E-state index in [1.807, 2.05) is 0 Å². The lowest BCUT2D eigenvalue weighted by Crippen LogP contribution is -2.49. The molecule has 2 atom stereocenters. The predicted molar refractivity (Wildman–Crippen MR) is 99.6 cm³/mol. The molecule has 4 nitrogen and oxygen atoms in total. The van der Waals surface area contributed by atoms with Gasteiger partial charge in [0.1, 0.15) is 5.82 Å². The molecule has 1 aliphatic carbocycles. The van der Waals surface area contributed by atoms with Gasteiger partial charge < -0.3 is 10.2 Å². The topological polar surface area (TPSA) is 35.6 Å². The van der Waals surface area contributed by atoms with Crippen molar-refractivity contribution in [1.82, 2.24) is 10.2 Å². The van der Waals surface area contributed by atoms with Gasteiger partial charge in [-0.2, -0.15) is 13.2 Å². The highest BCUT2D eigenvalue weighted by molar-refractivity contribution is 5.78. The van der Waals surface area contributed by atoms with Crippen LogP contribution in [0, 0.1) is 17.7 Å². The Kier molecular flexibility index (Phi) is 6.80. The third-order valence-electron chi connectivity index (χ3n) is 5.80. The number of nitrogens with zero attached hydrogens (tertiary/aromatic N) is 2. The average molecular weight is 401 g/mol. The molecule has 1 aliphatic heterocycles. The first-order valence-electron chi connectivity index (χ1n) is 9.90. The zero-order valence-electron chi connectivity index (χ0n) is 15.8. The summed E-state index contributed by atoms with van der Waals surface area (Å²) >= 11 is 0. The second kappa shape index (κ2) is 9.11. The number of halogens is 4. The van der Waals surface area contributed by atoms with Crippen molar-refractivity contribution in [3.63, 3.8) is 0 Å². The van der Waals surface area contributed by atoms with Gasteiger partial charge in [0.05, 0.1) is 5.92 Å². The van der Waals surface area contributed by atoms with Gasteiger partial charge >= 0.3 is 6.18 Å². The molecule has 0 radical (unpaired) electrons. The lowest BCUT2D eigenvalue weighted by atomic mass is 9.80. The number of amides is 1. The van der Waals surface area contributed by atoms with Gasteiger partial charge in [-0.3, -0.25) is 9.69 Å². The Labute approximate surface area is 162 Å². The Bertz CT molecular complexity index is 642. The van der Waals surface area contributed by atoms with Gasteiger partial charge in [-0.25, -0.2) is 4.39 Å². The van der Waals surface area contributed by atoms with E-state index < -0.39 is 18.0 Å². The number of hydrogen-bond donors (Lipinski definition) is 1. The number of carbonyl (C=O) groups excluding carboxylic acids is 1. The summed E-state index contributed by atoms with van der Waals surface area (Å²) in [7, 11) is 0. The van der Waals surface area contributed by atoms with Crippen molar-refractivity contribution in [3.8, 4) is 0 Å². The lowest BCUT2D eigenvalue weighted by molar-refractivity contribution is -0.186. The number of alkyl halides is 3. The molecule has 1 aromatic rings. The molecule has 1 N–H and O–H groups in total. The molecule has 0 aromatic heterocycles. The number of carbonyl (C=O) groups is 1. The van der Waals surface area contributed by atoms with Crippen LogP contribution in [0.3, 0.4) is 0 Å². The van der Waals surface area contributed by atoms with Crippen molar-refractivity contribution in [2.24, 2.45) is 11.8 Å². The molecule has 1 amide bonds. The second-order valence-corrected chi connectivity index (χ2v) is 7.70. The molecule has 1 saturated heterocycles.